The average Bonchev–Trinajstić information content (AvgIpc) is 3.21. The quantitative estimate of drug-likeness (QED) is 0.323. The van der Waals surface area contributed by atoms with Crippen molar-refractivity contribution in [1.29, 1.82) is 5.26 Å². The lowest BCUT2D eigenvalue weighted by molar-refractivity contribution is -0.122. The van der Waals surface area contributed by atoms with Crippen molar-refractivity contribution in [3.05, 3.63) is 97.4 Å². The molecule has 0 saturated carbocycles. The smallest absolute Gasteiger partial charge is 0.270 e. The van der Waals surface area contributed by atoms with Crippen molar-refractivity contribution in [2.45, 2.75) is 20.4 Å². The Kier molecular flexibility index (Phi) is 7.79. The minimum Gasteiger partial charge on any atom is -0.368 e. The number of aryl methyl sites for hydroxylation is 1. The lowest BCUT2D eigenvalue weighted by Crippen LogP contribution is -2.48. The molecule has 0 atom stereocenters. The summed E-state index contributed by atoms with van der Waals surface area (Å²) >= 11 is 6.80. The van der Waals surface area contributed by atoms with Crippen molar-refractivity contribution in [2.24, 2.45) is 7.05 Å². The molecule has 0 spiro atoms. The molecule has 2 saturated heterocycles. The first-order valence-corrected chi connectivity index (χ1v) is 14.1. The molecule has 0 N–H and O–H groups in total. The van der Waals surface area contributed by atoms with Gasteiger partial charge in [-0.15, -0.1) is 0 Å². The zero-order valence-electron chi connectivity index (χ0n) is 22.5. The molecule has 204 valence electrons. The van der Waals surface area contributed by atoms with Gasteiger partial charge in [0.05, 0.1) is 11.4 Å². The average molecular weight is 574 g/mol. The van der Waals surface area contributed by atoms with Gasteiger partial charge < -0.3 is 9.80 Å². The van der Waals surface area contributed by atoms with E-state index in [1.807, 2.05) is 31.2 Å². The first kappa shape index (κ1) is 27.6. The number of carbonyl (C=O) groups is 1. The van der Waals surface area contributed by atoms with E-state index >= 15 is 0 Å². The van der Waals surface area contributed by atoms with Gasteiger partial charge >= 0.3 is 0 Å². The second-order valence-electron chi connectivity index (χ2n) is 9.92. The number of hydrogen-bond donors (Lipinski definition) is 0. The topological polar surface area (TPSA) is 72.6 Å². The molecule has 2 aliphatic heterocycles. The molecular weight excluding hydrogens is 545 g/mol. The lowest BCUT2D eigenvalue weighted by Gasteiger charge is -2.38. The van der Waals surface area contributed by atoms with Gasteiger partial charge in [-0.25, -0.2) is 4.39 Å². The number of thioether (sulfide) groups is 1. The van der Waals surface area contributed by atoms with Crippen LogP contribution in [-0.2, 0) is 18.4 Å². The van der Waals surface area contributed by atoms with Crippen LogP contribution in [0.2, 0.25) is 0 Å². The molecule has 10 heteroatoms. The third-order valence-corrected chi connectivity index (χ3v) is 8.73. The summed E-state index contributed by atoms with van der Waals surface area (Å²) in [5, 5.41) is 9.78. The van der Waals surface area contributed by atoms with E-state index in [-0.39, 0.29) is 22.8 Å². The minimum atomic E-state index is -0.375. The van der Waals surface area contributed by atoms with E-state index in [1.165, 1.54) is 28.5 Å². The minimum absolute atomic E-state index is 0.0533. The molecule has 2 aliphatic rings. The van der Waals surface area contributed by atoms with Gasteiger partial charge in [0.25, 0.3) is 11.5 Å². The maximum absolute atomic E-state index is 13.5. The Labute approximate surface area is 242 Å². The predicted octanol–water partition coefficient (Wildman–Crippen LogP) is 4.74. The molecule has 7 nitrogen and oxygen atoms in total. The number of pyridine rings is 1. The molecule has 0 bridgehead atoms. The number of benzene rings is 2. The molecule has 2 aromatic carbocycles. The zero-order chi connectivity index (χ0) is 28.6. The van der Waals surface area contributed by atoms with E-state index in [2.05, 4.69) is 15.9 Å². The van der Waals surface area contributed by atoms with Crippen molar-refractivity contribution in [3.8, 4) is 6.07 Å². The maximum atomic E-state index is 13.5. The highest BCUT2D eigenvalue weighted by atomic mass is 32.2. The number of anilines is 2. The van der Waals surface area contributed by atoms with Gasteiger partial charge in [0, 0.05) is 44.5 Å². The van der Waals surface area contributed by atoms with Crippen molar-refractivity contribution in [2.75, 3.05) is 36.0 Å². The number of nitriles is 1. The molecule has 3 heterocycles. The van der Waals surface area contributed by atoms with Crippen LogP contribution in [0.25, 0.3) is 6.08 Å². The summed E-state index contributed by atoms with van der Waals surface area (Å²) in [6, 6.07) is 16.4. The standard InChI is InChI=1S/C30H28FN5O2S2/c1-19-4-6-21(7-5-19)18-36-29(38)26(40-30(36)39)16-24-20(2)25(17-32)28(37)33(3)27(24)35-14-12-34(13-15-35)23-10-8-22(31)9-11-23/h4-11,16H,12-15,18H2,1-3H3/b26-16+. The third kappa shape index (κ3) is 5.27. The number of amides is 1. The van der Waals surface area contributed by atoms with Gasteiger partial charge in [-0.2, -0.15) is 5.26 Å². The highest BCUT2D eigenvalue weighted by molar-refractivity contribution is 8.26. The van der Waals surface area contributed by atoms with Gasteiger partial charge in [-0.3, -0.25) is 19.1 Å². The summed E-state index contributed by atoms with van der Waals surface area (Å²) in [6.45, 7) is 6.66. The summed E-state index contributed by atoms with van der Waals surface area (Å²) in [5.41, 5.74) is 3.92. The fourth-order valence-electron chi connectivity index (χ4n) is 5.07. The molecule has 0 unspecified atom stereocenters. The molecule has 40 heavy (non-hydrogen) atoms. The Morgan fingerprint density at radius 3 is 2.25 bits per heavy atom. The van der Waals surface area contributed by atoms with Crippen LogP contribution >= 0.6 is 24.0 Å². The Balaban J connectivity index is 1.48. The van der Waals surface area contributed by atoms with Gasteiger partial charge in [0.1, 0.15) is 27.6 Å². The van der Waals surface area contributed by atoms with Crippen LogP contribution in [-0.4, -0.2) is 45.9 Å². The first-order valence-electron chi connectivity index (χ1n) is 12.9. The molecule has 3 aromatic rings. The number of halogens is 1. The van der Waals surface area contributed by atoms with Crippen molar-refractivity contribution < 1.29 is 9.18 Å². The number of aromatic nitrogens is 1. The summed E-state index contributed by atoms with van der Waals surface area (Å²) in [4.78, 5) is 32.9. The number of rotatable bonds is 5. The van der Waals surface area contributed by atoms with E-state index in [0.29, 0.717) is 58.9 Å². The van der Waals surface area contributed by atoms with Gasteiger partial charge in [0.2, 0.25) is 0 Å². The van der Waals surface area contributed by atoms with Gasteiger partial charge in [0.15, 0.2) is 0 Å². The van der Waals surface area contributed by atoms with E-state index in [1.54, 1.807) is 37.1 Å². The summed E-state index contributed by atoms with van der Waals surface area (Å²) < 4.78 is 15.4. The predicted molar refractivity (Wildman–Crippen MR) is 162 cm³/mol. The molecule has 0 aliphatic carbocycles. The van der Waals surface area contributed by atoms with E-state index < -0.39 is 0 Å². The highest BCUT2D eigenvalue weighted by Gasteiger charge is 2.33. The van der Waals surface area contributed by atoms with Crippen LogP contribution in [0.5, 0.6) is 0 Å². The fourth-order valence-corrected chi connectivity index (χ4v) is 6.30. The van der Waals surface area contributed by atoms with Crippen molar-refractivity contribution >= 4 is 51.8 Å². The molecule has 0 radical (unpaired) electrons. The van der Waals surface area contributed by atoms with Crippen LogP contribution in [0.4, 0.5) is 15.9 Å². The van der Waals surface area contributed by atoms with Gasteiger partial charge in [-0.05, 0) is 55.3 Å². The van der Waals surface area contributed by atoms with Crippen LogP contribution < -0.4 is 15.4 Å². The van der Waals surface area contributed by atoms with Crippen molar-refractivity contribution in [3.63, 3.8) is 0 Å². The lowest BCUT2D eigenvalue weighted by atomic mass is 10.0. The third-order valence-electron chi connectivity index (χ3n) is 7.35. The van der Waals surface area contributed by atoms with Gasteiger partial charge in [-0.1, -0.05) is 53.8 Å². The number of carbonyl (C=O) groups excluding carboxylic acids is 1. The number of hydrogen-bond acceptors (Lipinski definition) is 7. The normalized spacial score (nSPS) is 16.7. The molecule has 1 amide bonds. The SMILES string of the molecule is Cc1ccc(CN2C(=O)/C(=C\c3c(C)c(C#N)c(=O)n(C)c3N3CCN(c4ccc(F)cc4)CC3)SC2=S)cc1. The summed E-state index contributed by atoms with van der Waals surface area (Å²) in [6.07, 6.45) is 1.77. The van der Waals surface area contributed by atoms with Crippen LogP contribution in [0.3, 0.4) is 0 Å². The molecule has 5 rings (SSSR count). The maximum Gasteiger partial charge on any atom is 0.270 e. The number of thiocarbonyl (C=S) groups is 1. The second-order valence-corrected chi connectivity index (χ2v) is 11.6. The summed E-state index contributed by atoms with van der Waals surface area (Å²) in [7, 11) is 1.66. The molecular formula is C30H28FN5O2S2. The van der Waals surface area contributed by atoms with Crippen molar-refractivity contribution in [1.82, 2.24) is 9.47 Å². The molecule has 1 aromatic heterocycles. The van der Waals surface area contributed by atoms with E-state index in [9.17, 15) is 19.2 Å². The van der Waals surface area contributed by atoms with Crippen LogP contribution in [0.1, 0.15) is 27.8 Å². The number of piperazine rings is 1. The Morgan fingerprint density at radius 1 is 1.00 bits per heavy atom. The first-order chi connectivity index (χ1) is 19.2. The van der Waals surface area contributed by atoms with E-state index in [0.717, 1.165) is 16.8 Å². The highest BCUT2D eigenvalue weighted by Crippen LogP contribution is 2.36. The monoisotopic (exact) mass is 573 g/mol. The van der Waals surface area contributed by atoms with E-state index in [4.69, 9.17) is 12.2 Å². The van der Waals surface area contributed by atoms with Crippen LogP contribution in [0, 0.1) is 31.0 Å². The Bertz CT molecular complexity index is 1620. The second kappa shape index (κ2) is 11.3. The van der Waals surface area contributed by atoms with Crippen LogP contribution in [0.15, 0.2) is 58.2 Å². The summed E-state index contributed by atoms with van der Waals surface area (Å²) in [5.74, 6) is 0.179. The Hall–Kier alpha value is -3.94. The fraction of sp³-hybridized carbons (Fsp3) is 0.267. The zero-order valence-corrected chi connectivity index (χ0v) is 24.1. The molecule has 2 fully saturated rings. The Morgan fingerprint density at radius 2 is 1.62 bits per heavy atom. The number of nitrogens with zero attached hydrogens (tertiary/aromatic N) is 5. The largest absolute Gasteiger partial charge is 0.368 e.